The number of thiophene rings is 4. The number of hydrogen-bond donors (Lipinski definition) is 0. The quantitative estimate of drug-likeness (QED) is 0.0537. The Morgan fingerprint density at radius 2 is 0.759 bits per heavy atom. The first-order chi connectivity index (χ1) is 26.6. The highest BCUT2D eigenvalue weighted by Crippen LogP contribution is 2.48. The van der Waals surface area contributed by atoms with Crippen LogP contribution in [0.2, 0.25) is 0 Å². The lowest BCUT2D eigenvalue weighted by molar-refractivity contribution is 0.666. The van der Waals surface area contributed by atoms with Crippen LogP contribution in [0.4, 0.5) is 0 Å². The molecule has 54 heavy (non-hydrogen) atoms. The summed E-state index contributed by atoms with van der Waals surface area (Å²) >= 11 is 11.5. The van der Waals surface area contributed by atoms with Crippen LogP contribution in [-0.2, 0) is 25.7 Å². The smallest absolute Gasteiger partial charge is 0.152 e. The van der Waals surface area contributed by atoms with Gasteiger partial charge in [0.1, 0.15) is 0 Å². The third-order valence-corrected chi connectivity index (χ3v) is 17.5. The van der Waals surface area contributed by atoms with Crippen LogP contribution in [0.25, 0.3) is 49.0 Å². The second-order valence-corrected chi connectivity index (χ2v) is 20.8. The Hall–Kier alpha value is -1.94. The van der Waals surface area contributed by atoms with Crippen molar-refractivity contribution in [2.75, 3.05) is 0 Å². The van der Waals surface area contributed by atoms with E-state index in [0.29, 0.717) is 0 Å². The van der Waals surface area contributed by atoms with Crippen molar-refractivity contribution in [1.82, 2.24) is 9.97 Å². The van der Waals surface area contributed by atoms with Crippen molar-refractivity contribution in [2.45, 2.75) is 156 Å². The van der Waals surface area contributed by atoms with Gasteiger partial charge in [-0.1, -0.05) is 105 Å². The van der Waals surface area contributed by atoms with Crippen molar-refractivity contribution >= 4 is 68.0 Å². The second-order valence-electron chi connectivity index (χ2n) is 14.8. The lowest BCUT2D eigenvalue weighted by atomic mass is 10.0. The van der Waals surface area contributed by atoms with Gasteiger partial charge in [-0.25, -0.2) is 9.97 Å². The van der Waals surface area contributed by atoms with Crippen LogP contribution >= 0.6 is 68.0 Å². The molecule has 0 bridgehead atoms. The standard InChI is InChI=1S/C46H60N2S6/c1-5-9-13-17-21-33-25-27-49-41(33)43-35(23-19-15-11-7-3)29-37(51-43)39-31-47-45(53-39)46-48-32-40(54-46)38-30-36(24-20-16-12-8-4)44(52-38)42-34(26-28-50-42)22-18-14-10-6-2/h25-32H,5-24H2,1-4H3. The van der Waals surface area contributed by atoms with E-state index in [1.807, 2.05) is 68.0 Å². The van der Waals surface area contributed by atoms with Gasteiger partial charge in [-0.2, -0.15) is 0 Å². The van der Waals surface area contributed by atoms with Crippen LogP contribution in [0.15, 0.2) is 47.4 Å². The van der Waals surface area contributed by atoms with Crippen LogP contribution in [0, 0.1) is 0 Å². The van der Waals surface area contributed by atoms with Gasteiger partial charge < -0.3 is 0 Å². The zero-order chi connectivity index (χ0) is 37.5. The van der Waals surface area contributed by atoms with E-state index < -0.39 is 0 Å². The van der Waals surface area contributed by atoms with Gasteiger partial charge in [0.05, 0.1) is 9.75 Å². The molecular formula is C46H60N2S6. The van der Waals surface area contributed by atoms with Crippen molar-refractivity contribution < 1.29 is 0 Å². The Bertz CT molecular complexity index is 1820. The lowest BCUT2D eigenvalue weighted by Crippen LogP contribution is -1.89. The van der Waals surface area contributed by atoms with Crippen molar-refractivity contribution in [2.24, 2.45) is 0 Å². The molecule has 6 aromatic heterocycles. The van der Waals surface area contributed by atoms with Crippen molar-refractivity contribution in [1.29, 1.82) is 0 Å². The summed E-state index contributed by atoms with van der Waals surface area (Å²) in [6.07, 6.45) is 29.8. The van der Waals surface area contributed by atoms with Crippen LogP contribution in [0.1, 0.15) is 153 Å². The number of hydrogen-bond acceptors (Lipinski definition) is 8. The summed E-state index contributed by atoms with van der Waals surface area (Å²) in [4.78, 5) is 21.3. The third kappa shape index (κ3) is 11.1. The predicted octanol–water partition coefficient (Wildman–Crippen LogP) is 17.7. The molecule has 0 fully saturated rings. The average Bonchev–Trinajstić information content (AvgIpc) is 4.04. The number of nitrogens with zero attached hydrogens (tertiary/aromatic N) is 2. The zero-order valence-corrected chi connectivity index (χ0v) is 38.0. The SMILES string of the molecule is CCCCCCc1ccsc1-c1sc(-c2cnc(-c3ncc(-c4cc(CCCCCC)c(-c5sccc5CCCCCC)s4)s3)s2)cc1CCCCCC. The van der Waals surface area contributed by atoms with Gasteiger partial charge in [0.25, 0.3) is 0 Å². The van der Waals surface area contributed by atoms with E-state index in [9.17, 15) is 0 Å². The number of aryl methyl sites for hydroxylation is 4. The van der Waals surface area contributed by atoms with Crippen LogP contribution in [0.5, 0.6) is 0 Å². The molecule has 0 aliphatic rings. The molecule has 8 heteroatoms. The van der Waals surface area contributed by atoms with Gasteiger partial charge in [-0.05, 0) is 109 Å². The molecule has 0 unspecified atom stereocenters. The van der Waals surface area contributed by atoms with Gasteiger partial charge in [-0.15, -0.1) is 68.0 Å². The normalized spacial score (nSPS) is 11.7. The Morgan fingerprint density at radius 1 is 0.389 bits per heavy atom. The first-order valence-corrected chi connectivity index (χ1v) is 26.0. The molecule has 2 nitrogen and oxygen atoms in total. The van der Waals surface area contributed by atoms with Crippen molar-refractivity contribution in [3.8, 4) is 49.0 Å². The highest BCUT2D eigenvalue weighted by molar-refractivity contribution is 7.30. The maximum Gasteiger partial charge on any atom is 0.152 e. The van der Waals surface area contributed by atoms with E-state index in [2.05, 4.69) is 75.1 Å². The molecule has 0 spiro atoms. The molecule has 0 aromatic carbocycles. The molecular weight excluding hydrogens is 773 g/mol. The molecule has 0 saturated heterocycles. The Morgan fingerprint density at radius 3 is 1.13 bits per heavy atom. The summed E-state index contributed by atoms with van der Waals surface area (Å²) in [5.41, 5.74) is 6.15. The van der Waals surface area contributed by atoms with Gasteiger partial charge >= 0.3 is 0 Å². The Balaban J connectivity index is 1.23. The fourth-order valence-electron chi connectivity index (χ4n) is 7.26. The Labute approximate surface area is 350 Å². The number of rotatable bonds is 25. The maximum atomic E-state index is 4.99. The first-order valence-electron chi connectivity index (χ1n) is 20.9. The summed E-state index contributed by atoms with van der Waals surface area (Å²) in [5.74, 6) is 0. The monoisotopic (exact) mass is 832 g/mol. The van der Waals surface area contributed by atoms with E-state index in [1.165, 1.54) is 166 Å². The second kappa shape index (κ2) is 22.1. The molecule has 0 aliphatic heterocycles. The van der Waals surface area contributed by atoms with Gasteiger partial charge in [0, 0.05) is 41.7 Å². The maximum absolute atomic E-state index is 4.99. The van der Waals surface area contributed by atoms with E-state index in [0.717, 1.165) is 22.9 Å². The van der Waals surface area contributed by atoms with Crippen molar-refractivity contribution in [3.63, 3.8) is 0 Å². The zero-order valence-electron chi connectivity index (χ0n) is 33.1. The van der Waals surface area contributed by atoms with Crippen LogP contribution < -0.4 is 0 Å². The third-order valence-electron chi connectivity index (χ3n) is 10.4. The topological polar surface area (TPSA) is 25.8 Å². The van der Waals surface area contributed by atoms with E-state index >= 15 is 0 Å². The van der Waals surface area contributed by atoms with Gasteiger partial charge in [-0.3, -0.25) is 0 Å². The minimum absolute atomic E-state index is 1.04. The van der Waals surface area contributed by atoms with Gasteiger partial charge in [0.15, 0.2) is 10.0 Å². The molecule has 6 aromatic rings. The lowest BCUT2D eigenvalue weighted by Gasteiger charge is -2.06. The molecule has 0 radical (unpaired) electrons. The first kappa shape index (κ1) is 41.7. The van der Waals surface area contributed by atoms with Crippen LogP contribution in [0.3, 0.4) is 0 Å². The van der Waals surface area contributed by atoms with E-state index in [-0.39, 0.29) is 0 Å². The molecule has 0 saturated carbocycles. The molecule has 0 atom stereocenters. The molecule has 290 valence electrons. The van der Waals surface area contributed by atoms with E-state index in [4.69, 9.17) is 9.97 Å². The van der Waals surface area contributed by atoms with Crippen molar-refractivity contribution in [3.05, 3.63) is 69.7 Å². The number of aromatic nitrogens is 2. The fraction of sp³-hybridized carbons (Fsp3) is 0.522. The molecule has 0 amide bonds. The Kier molecular flexibility index (Phi) is 17.1. The predicted molar refractivity (Wildman–Crippen MR) is 248 cm³/mol. The number of thiazole rings is 2. The highest BCUT2D eigenvalue weighted by Gasteiger charge is 2.21. The van der Waals surface area contributed by atoms with Crippen LogP contribution in [-0.4, -0.2) is 9.97 Å². The minimum Gasteiger partial charge on any atom is -0.241 e. The summed E-state index contributed by atoms with van der Waals surface area (Å²) in [5, 5.41) is 6.71. The van der Waals surface area contributed by atoms with Gasteiger partial charge in [0.2, 0.25) is 0 Å². The average molecular weight is 833 g/mol. The summed E-state index contributed by atoms with van der Waals surface area (Å²) in [7, 11) is 0. The summed E-state index contributed by atoms with van der Waals surface area (Å²) in [6, 6.07) is 9.76. The molecule has 0 N–H and O–H groups in total. The highest BCUT2D eigenvalue weighted by atomic mass is 32.1. The minimum atomic E-state index is 1.04. The van der Waals surface area contributed by atoms with E-state index in [1.54, 1.807) is 11.1 Å². The molecule has 0 aliphatic carbocycles. The summed E-state index contributed by atoms with van der Waals surface area (Å²) < 4.78 is 0. The fourth-order valence-corrected chi connectivity index (χ4v) is 14.0. The number of unbranched alkanes of at least 4 members (excludes halogenated alkanes) is 12. The molecule has 6 rings (SSSR count). The largest absolute Gasteiger partial charge is 0.241 e. The summed E-state index contributed by atoms with van der Waals surface area (Å²) in [6.45, 7) is 9.21. The molecule has 6 heterocycles.